The van der Waals surface area contributed by atoms with Gasteiger partial charge in [0.25, 0.3) is 5.91 Å². The third-order valence-electron chi connectivity index (χ3n) is 14.0. The number of amides is 1. The van der Waals surface area contributed by atoms with Gasteiger partial charge in [-0.2, -0.15) is 0 Å². The molecule has 4 aromatic carbocycles. The van der Waals surface area contributed by atoms with Crippen LogP contribution in [0.15, 0.2) is 107 Å². The Morgan fingerprint density at radius 2 is 0.956 bits per heavy atom. The molecule has 2 saturated heterocycles. The lowest BCUT2D eigenvalue weighted by atomic mass is 9.85. The van der Waals surface area contributed by atoms with E-state index >= 15 is 0 Å². The SMILES string of the molecule is CS(=O)(=O)c1ccc(C(=O)N[C@@H]2CCCC[C@@H]2N2CCC(Cc3ccc(Cl)cc3)CC2)cc1.CS(=O)(=O)c1ccc(C(=O)O)cc1.Cl.N[C@@H]1CCCC[C@@H]1N1CCC(Cc2ccc(Cl)cc2)CC1. The van der Waals surface area contributed by atoms with Gasteiger partial charge in [0, 0.05) is 52.3 Å². The highest BCUT2D eigenvalue weighted by Crippen LogP contribution is 2.31. The molecule has 2 heterocycles. The molecule has 1 amide bonds. The largest absolute Gasteiger partial charge is 0.478 e. The standard InChI is InChI=1S/C26H33ClN2O3S.C18H27ClN2.C8H8O4S.ClH/c1-33(31,32)23-12-8-21(9-13-23)26(30)28-24-4-2-3-5-25(24)29-16-14-20(15-17-29)18-19-6-10-22(27)11-7-19;19-16-7-5-14(6-8-16)13-15-9-11-21(12-10-15)18-4-2-1-3-17(18)20;1-13(11,12)7-4-2-6(3-5-7)8(9)10;/h6-13,20,24-25H,2-5,14-18H2,1H3,(H,28,30);5-8,15,17-18H,1-4,9-13,20H2;2-5H,1H3,(H,9,10);1H/t24-,25+;17-,18+;;/m11../s1. The topological polar surface area (TPSA) is 167 Å². The van der Waals surface area contributed by atoms with Gasteiger partial charge >= 0.3 is 5.97 Å². The monoisotopic (exact) mass is 1030 g/mol. The van der Waals surface area contributed by atoms with Crippen LogP contribution in [0.2, 0.25) is 10.0 Å². The zero-order valence-corrected chi connectivity index (χ0v) is 43.2. The van der Waals surface area contributed by atoms with E-state index in [0.717, 1.165) is 61.0 Å². The highest BCUT2D eigenvalue weighted by Gasteiger charge is 2.34. The molecule has 16 heteroatoms. The Morgan fingerprint density at radius 3 is 1.37 bits per heavy atom. The van der Waals surface area contributed by atoms with Crippen molar-refractivity contribution in [3.8, 4) is 0 Å². The summed E-state index contributed by atoms with van der Waals surface area (Å²) in [4.78, 5) is 28.9. The zero-order chi connectivity index (χ0) is 48.1. The van der Waals surface area contributed by atoms with E-state index in [2.05, 4.69) is 39.4 Å². The highest BCUT2D eigenvalue weighted by molar-refractivity contribution is 7.91. The van der Waals surface area contributed by atoms with E-state index in [1.807, 2.05) is 24.3 Å². The Hall–Kier alpha value is -3.53. The number of carboxylic acid groups (broad SMARTS) is 1. The maximum absolute atomic E-state index is 12.9. The average Bonchev–Trinajstić information content (AvgIpc) is 3.31. The number of likely N-dealkylation sites (tertiary alicyclic amines) is 2. The van der Waals surface area contributed by atoms with Gasteiger partial charge in [0.1, 0.15) is 0 Å². The van der Waals surface area contributed by atoms with Crippen LogP contribution in [-0.2, 0) is 32.5 Å². The Kier molecular flexibility index (Phi) is 21.2. The molecule has 4 aliphatic rings. The average molecular weight is 1030 g/mol. The molecule has 4 atom stereocenters. The van der Waals surface area contributed by atoms with E-state index in [9.17, 15) is 26.4 Å². The van der Waals surface area contributed by atoms with E-state index in [-0.39, 0.29) is 39.7 Å². The van der Waals surface area contributed by atoms with Crippen LogP contribution in [-0.4, -0.2) is 106 Å². The molecule has 0 radical (unpaired) electrons. The number of carbonyl (C=O) groups excluding carboxylic acids is 1. The molecular weight excluding hydrogens is 963 g/mol. The maximum atomic E-state index is 12.9. The lowest BCUT2D eigenvalue weighted by Crippen LogP contribution is -2.55. The zero-order valence-electron chi connectivity index (χ0n) is 39.3. The van der Waals surface area contributed by atoms with Crippen molar-refractivity contribution < 1.29 is 31.5 Å². The quantitative estimate of drug-likeness (QED) is 0.132. The normalized spacial score (nSPS) is 22.0. The summed E-state index contributed by atoms with van der Waals surface area (Å²) in [5, 5.41) is 13.4. The van der Waals surface area contributed by atoms with Crippen molar-refractivity contribution in [3.63, 3.8) is 0 Å². The smallest absolute Gasteiger partial charge is 0.335 e. The number of carbonyl (C=O) groups is 2. The molecule has 68 heavy (non-hydrogen) atoms. The number of carboxylic acids is 1. The van der Waals surface area contributed by atoms with Gasteiger partial charge in [-0.05, 0) is 186 Å². The van der Waals surface area contributed by atoms with Gasteiger partial charge < -0.3 is 16.2 Å². The van der Waals surface area contributed by atoms with Crippen molar-refractivity contribution in [1.82, 2.24) is 15.1 Å². The Labute approximate surface area is 420 Å². The molecule has 11 nitrogen and oxygen atoms in total. The predicted octanol–water partition coefficient (Wildman–Crippen LogP) is 9.81. The maximum Gasteiger partial charge on any atom is 0.335 e. The molecule has 0 bridgehead atoms. The molecule has 372 valence electrons. The highest BCUT2D eigenvalue weighted by atomic mass is 35.5. The molecule has 0 aromatic heterocycles. The number of hydrogen-bond acceptors (Lipinski definition) is 9. The summed E-state index contributed by atoms with van der Waals surface area (Å²) in [5.74, 6) is 0.319. The molecule has 2 saturated carbocycles. The van der Waals surface area contributed by atoms with E-state index < -0.39 is 25.6 Å². The first-order valence-corrected chi connectivity index (χ1v) is 28.3. The van der Waals surface area contributed by atoms with Crippen LogP contribution in [0, 0.1) is 11.8 Å². The molecule has 0 unspecified atom stereocenters. The molecule has 4 N–H and O–H groups in total. The van der Waals surface area contributed by atoms with Crippen molar-refractivity contribution in [2.45, 2.75) is 124 Å². The second-order valence-electron chi connectivity index (χ2n) is 19.0. The van der Waals surface area contributed by atoms with Gasteiger partial charge in [-0.25, -0.2) is 21.6 Å². The summed E-state index contributed by atoms with van der Waals surface area (Å²) in [7, 11) is -6.50. The van der Waals surface area contributed by atoms with Crippen LogP contribution in [0.3, 0.4) is 0 Å². The minimum absolute atomic E-state index is 0. The summed E-state index contributed by atoms with van der Waals surface area (Å²) in [6.07, 6.45) is 19.1. The van der Waals surface area contributed by atoms with E-state index in [1.54, 1.807) is 12.1 Å². The van der Waals surface area contributed by atoms with Crippen LogP contribution in [0.5, 0.6) is 0 Å². The van der Waals surface area contributed by atoms with Crippen molar-refractivity contribution in [2.75, 3.05) is 38.7 Å². The van der Waals surface area contributed by atoms with Gasteiger partial charge in [-0.3, -0.25) is 14.6 Å². The van der Waals surface area contributed by atoms with Crippen molar-refractivity contribution in [1.29, 1.82) is 0 Å². The van der Waals surface area contributed by atoms with E-state index in [4.69, 9.17) is 34.0 Å². The summed E-state index contributed by atoms with van der Waals surface area (Å²) < 4.78 is 45.3. The second kappa shape index (κ2) is 26.1. The summed E-state index contributed by atoms with van der Waals surface area (Å²) in [6.45, 7) is 4.60. The van der Waals surface area contributed by atoms with Gasteiger partial charge in [0.15, 0.2) is 19.7 Å². The van der Waals surface area contributed by atoms with Gasteiger partial charge in [0.2, 0.25) is 0 Å². The fourth-order valence-corrected chi connectivity index (χ4v) is 11.7. The number of piperidine rings is 2. The van der Waals surface area contributed by atoms with Crippen LogP contribution in [0.1, 0.15) is 109 Å². The van der Waals surface area contributed by atoms with Gasteiger partial charge in [0.05, 0.1) is 15.4 Å². The third kappa shape index (κ3) is 16.8. The number of aromatic carboxylic acids is 1. The van der Waals surface area contributed by atoms with Crippen LogP contribution < -0.4 is 11.1 Å². The summed E-state index contributed by atoms with van der Waals surface area (Å²) >= 11 is 12.0. The molecule has 4 aromatic rings. The second-order valence-corrected chi connectivity index (χ2v) is 23.9. The molecular formula is C52H69Cl3N4O7S2. The molecule has 8 rings (SSSR count). The fraction of sp³-hybridized carbons (Fsp3) is 0.500. The van der Waals surface area contributed by atoms with Crippen LogP contribution in [0.25, 0.3) is 0 Å². The van der Waals surface area contributed by atoms with Crippen LogP contribution >= 0.6 is 35.6 Å². The van der Waals surface area contributed by atoms with Crippen molar-refractivity contribution >= 4 is 67.2 Å². The number of halogens is 3. The lowest BCUT2D eigenvalue weighted by Gasteiger charge is -2.43. The number of benzene rings is 4. The first-order chi connectivity index (χ1) is 31.9. The lowest BCUT2D eigenvalue weighted by molar-refractivity contribution is 0.0694. The summed E-state index contributed by atoms with van der Waals surface area (Å²) in [6, 6.07) is 29.4. The molecule has 2 aliphatic carbocycles. The van der Waals surface area contributed by atoms with Gasteiger partial charge in [-0.15, -0.1) is 12.4 Å². The number of rotatable bonds is 11. The van der Waals surface area contributed by atoms with E-state index in [0.29, 0.717) is 29.6 Å². The Bertz CT molecular complexity index is 2430. The number of nitrogens with zero attached hydrogens (tertiary/aromatic N) is 2. The van der Waals surface area contributed by atoms with Crippen molar-refractivity contribution in [3.05, 3.63) is 129 Å². The Balaban J connectivity index is 0.000000211. The fourth-order valence-electron chi connectivity index (χ4n) is 10.1. The van der Waals surface area contributed by atoms with Crippen molar-refractivity contribution in [2.24, 2.45) is 17.6 Å². The molecule has 4 fully saturated rings. The van der Waals surface area contributed by atoms with E-state index in [1.165, 1.54) is 131 Å². The number of nitrogens with one attached hydrogen (secondary N) is 1. The molecule has 2 aliphatic heterocycles. The first-order valence-electron chi connectivity index (χ1n) is 23.8. The Morgan fingerprint density at radius 1 is 0.574 bits per heavy atom. The predicted molar refractivity (Wildman–Crippen MR) is 276 cm³/mol. The summed E-state index contributed by atoms with van der Waals surface area (Å²) in [5.41, 5.74) is 9.69. The number of sulfone groups is 2. The minimum atomic E-state index is -3.27. The number of nitrogens with two attached hydrogens (primary N) is 1. The van der Waals surface area contributed by atoms with Crippen LogP contribution in [0.4, 0.5) is 0 Å². The number of hydrogen-bond donors (Lipinski definition) is 3. The van der Waals surface area contributed by atoms with Gasteiger partial charge in [-0.1, -0.05) is 73.2 Å². The molecule has 0 spiro atoms. The first kappa shape index (κ1) is 55.4. The minimum Gasteiger partial charge on any atom is -0.478 e. The third-order valence-corrected chi connectivity index (χ3v) is 16.8.